The smallest absolute Gasteiger partial charge is 0.0543 e. The number of hydrogen-bond acceptors (Lipinski definition) is 0. The van der Waals surface area contributed by atoms with Gasteiger partial charge < -0.3 is 4.57 Å². The van der Waals surface area contributed by atoms with Crippen LogP contribution in [0.5, 0.6) is 0 Å². The summed E-state index contributed by atoms with van der Waals surface area (Å²) in [4.78, 5) is 0. The summed E-state index contributed by atoms with van der Waals surface area (Å²) in [5.41, 5.74) is 6.59. The molecule has 1 aromatic heterocycles. The predicted molar refractivity (Wildman–Crippen MR) is 118 cm³/mol. The van der Waals surface area contributed by atoms with Gasteiger partial charge in [0.05, 0.1) is 11.2 Å². The van der Waals surface area contributed by atoms with Crippen molar-refractivity contribution in [1.29, 1.82) is 0 Å². The molecule has 1 aliphatic rings. The van der Waals surface area contributed by atoms with Gasteiger partial charge in [-0.25, -0.2) is 0 Å². The van der Waals surface area contributed by atoms with E-state index in [2.05, 4.69) is 102 Å². The molecular weight excluding hydrogens is 338 g/mol. The Hall–Kier alpha value is -3.32. The van der Waals surface area contributed by atoms with Gasteiger partial charge in [-0.05, 0) is 59.5 Å². The minimum absolute atomic E-state index is 0.687. The van der Waals surface area contributed by atoms with Crippen LogP contribution >= 0.6 is 0 Å². The fourth-order valence-electron chi connectivity index (χ4n) is 4.40. The molecule has 1 heteroatoms. The number of para-hydroxylation sites is 1. The summed E-state index contributed by atoms with van der Waals surface area (Å²) in [6.07, 6.45) is 2.60. The molecule has 0 saturated heterocycles. The van der Waals surface area contributed by atoms with Crippen molar-refractivity contribution in [3.8, 4) is 16.8 Å². The van der Waals surface area contributed by atoms with E-state index < -0.39 is 0 Å². The first kappa shape index (κ1) is 15.7. The molecule has 0 bridgehead atoms. The molecule has 0 unspecified atom stereocenters. The Bertz CT molecular complexity index is 1310. The average Bonchev–Trinajstić information content (AvgIpc) is 3.54. The second-order valence-corrected chi connectivity index (χ2v) is 7.82. The number of hydrogen-bond donors (Lipinski definition) is 0. The number of rotatable bonds is 3. The Kier molecular flexibility index (Phi) is 3.42. The Morgan fingerprint density at radius 2 is 1.32 bits per heavy atom. The molecule has 0 radical (unpaired) electrons. The normalized spacial score (nSPS) is 14.0. The van der Waals surface area contributed by atoms with Crippen molar-refractivity contribution in [2.45, 2.75) is 18.8 Å². The number of aromatic nitrogens is 1. The molecule has 28 heavy (non-hydrogen) atoms. The Morgan fingerprint density at radius 3 is 2.14 bits per heavy atom. The van der Waals surface area contributed by atoms with Crippen LogP contribution in [0.1, 0.15) is 24.5 Å². The molecular formula is C27H21N. The van der Waals surface area contributed by atoms with Crippen molar-refractivity contribution in [3.63, 3.8) is 0 Å². The molecule has 5 aromatic rings. The lowest BCUT2D eigenvalue weighted by Crippen LogP contribution is -2.00. The zero-order valence-corrected chi connectivity index (χ0v) is 15.7. The fourth-order valence-corrected chi connectivity index (χ4v) is 4.40. The molecule has 1 aliphatic carbocycles. The summed E-state index contributed by atoms with van der Waals surface area (Å²) in [5, 5.41) is 3.93. The monoisotopic (exact) mass is 359 g/mol. The SMILES string of the molecule is c1ccc(-c2cc(-n3c(C4CC4)cc4ccccc43)c3ccccc3c2)cc1. The van der Waals surface area contributed by atoms with Crippen LogP contribution in [-0.2, 0) is 0 Å². The highest BCUT2D eigenvalue weighted by Crippen LogP contribution is 2.44. The maximum Gasteiger partial charge on any atom is 0.0543 e. The van der Waals surface area contributed by atoms with Crippen LogP contribution in [0.2, 0.25) is 0 Å². The van der Waals surface area contributed by atoms with E-state index in [4.69, 9.17) is 0 Å². The summed E-state index contributed by atoms with van der Waals surface area (Å²) < 4.78 is 2.52. The standard InChI is InChI=1S/C27H21N/c1-2-8-19(9-3-1)23-16-21-10-4-6-12-24(21)27(18-23)28-25-13-7-5-11-22(25)17-26(28)20-14-15-20/h1-13,16-18,20H,14-15H2. The van der Waals surface area contributed by atoms with Crippen molar-refractivity contribution in [3.05, 3.63) is 103 Å². The minimum atomic E-state index is 0.687. The molecule has 0 N–H and O–H groups in total. The van der Waals surface area contributed by atoms with E-state index in [9.17, 15) is 0 Å². The van der Waals surface area contributed by atoms with Gasteiger partial charge in [-0.1, -0.05) is 72.8 Å². The van der Waals surface area contributed by atoms with Crippen LogP contribution in [0.25, 0.3) is 38.5 Å². The van der Waals surface area contributed by atoms with Crippen molar-refractivity contribution in [1.82, 2.24) is 4.57 Å². The molecule has 0 atom stereocenters. The minimum Gasteiger partial charge on any atom is -0.313 e. The first-order valence-corrected chi connectivity index (χ1v) is 10.1. The van der Waals surface area contributed by atoms with E-state index in [1.165, 1.54) is 57.0 Å². The Morgan fingerprint density at radius 1 is 0.607 bits per heavy atom. The van der Waals surface area contributed by atoms with Gasteiger partial charge in [-0.2, -0.15) is 0 Å². The number of fused-ring (bicyclic) bond motifs is 2. The predicted octanol–water partition coefficient (Wildman–Crippen LogP) is 7.33. The third kappa shape index (κ3) is 2.47. The van der Waals surface area contributed by atoms with Crippen LogP contribution in [0.15, 0.2) is 97.1 Å². The first-order valence-electron chi connectivity index (χ1n) is 10.1. The first-order chi connectivity index (χ1) is 13.9. The van der Waals surface area contributed by atoms with Gasteiger partial charge in [0.25, 0.3) is 0 Å². The Balaban J connectivity index is 1.71. The van der Waals surface area contributed by atoms with Crippen LogP contribution in [0.4, 0.5) is 0 Å². The van der Waals surface area contributed by atoms with Gasteiger partial charge in [0, 0.05) is 16.5 Å². The van der Waals surface area contributed by atoms with E-state index in [0.29, 0.717) is 5.92 Å². The molecule has 4 aromatic carbocycles. The molecule has 0 spiro atoms. The maximum atomic E-state index is 2.52. The molecule has 1 nitrogen and oxygen atoms in total. The second-order valence-electron chi connectivity index (χ2n) is 7.82. The zero-order chi connectivity index (χ0) is 18.5. The number of nitrogens with zero attached hydrogens (tertiary/aromatic N) is 1. The van der Waals surface area contributed by atoms with E-state index in [1.807, 2.05) is 0 Å². The highest BCUT2D eigenvalue weighted by molar-refractivity contribution is 5.97. The molecule has 1 heterocycles. The summed E-state index contributed by atoms with van der Waals surface area (Å²) >= 11 is 0. The molecule has 1 fully saturated rings. The number of benzene rings is 4. The molecule has 1 saturated carbocycles. The quantitative estimate of drug-likeness (QED) is 0.318. The second kappa shape index (κ2) is 6.10. The maximum absolute atomic E-state index is 2.52. The lowest BCUT2D eigenvalue weighted by atomic mass is 9.99. The molecule has 0 amide bonds. The van der Waals surface area contributed by atoms with Crippen LogP contribution in [0.3, 0.4) is 0 Å². The van der Waals surface area contributed by atoms with Crippen molar-refractivity contribution >= 4 is 21.7 Å². The van der Waals surface area contributed by atoms with Crippen LogP contribution in [0, 0.1) is 0 Å². The third-order valence-corrected chi connectivity index (χ3v) is 5.92. The lowest BCUT2D eigenvalue weighted by Gasteiger charge is -2.16. The van der Waals surface area contributed by atoms with Crippen LogP contribution in [-0.4, -0.2) is 4.57 Å². The highest BCUT2D eigenvalue weighted by atomic mass is 15.0. The van der Waals surface area contributed by atoms with Gasteiger partial charge >= 0.3 is 0 Å². The summed E-state index contributed by atoms with van der Waals surface area (Å²) in [5.74, 6) is 0.687. The van der Waals surface area contributed by atoms with Gasteiger partial charge in [0.2, 0.25) is 0 Å². The van der Waals surface area contributed by atoms with E-state index in [-0.39, 0.29) is 0 Å². The van der Waals surface area contributed by atoms with Crippen LogP contribution < -0.4 is 0 Å². The van der Waals surface area contributed by atoms with Gasteiger partial charge in [-0.3, -0.25) is 0 Å². The molecule has 134 valence electrons. The largest absolute Gasteiger partial charge is 0.313 e. The van der Waals surface area contributed by atoms with Gasteiger partial charge in [0.15, 0.2) is 0 Å². The third-order valence-electron chi connectivity index (χ3n) is 5.92. The van der Waals surface area contributed by atoms with Gasteiger partial charge in [0.1, 0.15) is 0 Å². The summed E-state index contributed by atoms with van der Waals surface area (Å²) in [7, 11) is 0. The van der Waals surface area contributed by atoms with Crippen molar-refractivity contribution in [2.75, 3.05) is 0 Å². The highest BCUT2D eigenvalue weighted by Gasteiger charge is 2.28. The summed E-state index contributed by atoms with van der Waals surface area (Å²) in [6, 6.07) is 35.3. The van der Waals surface area contributed by atoms with Gasteiger partial charge in [-0.15, -0.1) is 0 Å². The van der Waals surface area contributed by atoms with Crippen molar-refractivity contribution in [2.24, 2.45) is 0 Å². The zero-order valence-electron chi connectivity index (χ0n) is 15.7. The topological polar surface area (TPSA) is 4.93 Å². The van der Waals surface area contributed by atoms with E-state index in [1.54, 1.807) is 0 Å². The molecule has 0 aliphatic heterocycles. The molecule has 6 rings (SSSR count). The van der Waals surface area contributed by atoms with E-state index in [0.717, 1.165) is 0 Å². The fraction of sp³-hybridized carbons (Fsp3) is 0.111. The Labute approximate surface area is 164 Å². The lowest BCUT2D eigenvalue weighted by molar-refractivity contribution is 0.955. The average molecular weight is 359 g/mol. The summed E-state index contributed by atoms with van der Waals surface area (Å²) in [6.45, 7) is 0. The van der Waals surface area contributed by atoms with E-state index >= 15 is 0 Å². The van der Waals surface area contributed by atoms with Crippen molar-refractivity contribution < 1.29 is 0 Å².